The lowest BCUT2D eigenvalue weighted by Crippen LogP contribution is -2.01. The number of hydrogen-bond acceptors (Lipinski definition) is 5. The Kier molecular flexibility index (Phi) is 3.34. The van der Waals surface area contributed by atoms with Gasteiger partial charge in [0.05, 0.1) is 4.92 Å². The van der Waals surface area contributed by atoms with Crippen LogP contribution in [0.2, 0.25) is 0 Å². The summed E-state index contributed by atoms with van der Waals surface area (Å²) >= 11 is 1.49. The molecule has 2 aromatic heterocycles. The van der Waals surface area contributed by atoms with Crippen LogP contribution in [-0.2, 0) is 0 Å². The fourth-order valence-electron chi connectivity index (χ4n) is 1.49. The van der Waals surface area contributed by atoms with Gasteiger partial charge in [-0.3, -0.25) is 10.1 Å². The highest BCUT2D eigenvalue weighted by atomic mass is 32.1. The zero-order chi connectivity index (χ0) is 12.3. The van der Waals surface area contributed by atoms with E-state index in [1.54, 1.807) is 6.07 Å². The van der Waals surface area contributed by atoms with Gasteiger partial charge in [0.2, 0.25) is 0 Å². The Balaban J connectivity index is 2.52. The number of nitrogens with zero attached hydrogens (tertiary/aromatic N) is 2. The minimum absolute atomic E-state index is 0.0325. The van der Waals surface area contributed by atoms with E-state index in [1.165, 1.54) is 17.4 Å². The lowest BCUT2D eigenvalue weighted by atomic mass is 10.2. The van der Waals surface area contributed by atoms with Gasteiger partial charge in [0.25, 0.3) is 5.69 Å². The van der Waals surface area contributed by atoms with Gasteiger partial charge in [0.15, 0.2) is 5.69 Å². The molecule has 0 saturated heterocycles. The van der Waals surface area contributed by atoms with E-state index in [2.05, 4.69) is 10.3 Å². The Bertz CT molecular complexity index is 526. The lowest BCUT2D eigenvalue weighted by Gasteiger charge is -2.05. The van der Waals surface area contributed by atoms with Crippen LogP contribution in [0.4, 0.5) is 11.5 Å². The molecule has 1 N–H and O–H groups in total. The smallest absolute Gasteiger partial charge is 0.295 e. The maximum atomic E-state index is 10.9. The van der Waals surface area contributed by atoms with Gasteiger partial charge in [-0.05, 0) is 24.4 Å². The number of thiophene rings is 1. The number of nitro groups is 1. The second-order valence-electron chi connectivity index (χ2n) is 3.36. The van der Waals surface area contributed by atoms with E-state index in [-0.39, 0.29) is 5.69 Å². The average molecular weight is 249 g/mol. The number of pyridine rings is 1. The Morgan fingerprint density at radius 3 is 2.88 bits per heavy atom. The Hall–Kier alpha value is -1.95. The van der Waals surface area contributed by atoms with Crippen molar-refractivity contribution < 1.29 is 4.92 Å². The van der Waals surface area contributed by atoms with Crippen LogP contribution in [0.5, 0.6) is 0 Å². The summed E-state index contributed by atoms with van der Waals surface area (Å²) < 4.78 is 0. The molecule has 0 bridgehead atoms. The lowest BCUT2D eigenvalue weighted by molar-refractivity contribution is -0.384. The summed E-state index contributed by atoms with van der Waals surface area (Å²) in [7, 11) is 0. The maximum absolute atomic E-state index is 10.9. The van der Waals surface area contributed by atoms with Gasteiger partial charge < -0.3 is 5.32 Å². The van der Waals surface area contributed by atoms with Crippen molar-refractivity contribution in [2.75, 3.05) is 11.9 Å². The molecule has 6 heteroatoms. The Labute approximate surface area is 102 Å². The monoisotopic (exact) mass is 249 g/mol. The van der Waals surface area contributed by atoms with Crippen molar-refractivity contribution in [3.05, 3.63) is 39.1 Å². The van der Waals surface area contributed by atoms with Crippen LogP contribution in [0, 0.1) is 10.1 Å². The van der Waals surface area contributed by atoms with Gasteiger partial charge in [0, 0.05) is 23.6 Å². The van der Waals surface area contributed by atoms with E-state index in [4.69, 9.17) is 0 Å². The number of rotatable bonds is 4. The molecule has 0 fully saturated rings. The summed E-state index contributed by atoms with van der Waals surface area (Å²) in [6.45, 7) is 2.68. The molecule has 0 aliphatic carbocycles. The normalized spacial score (nSPS) is 10.2. The Morgan fingerprint density at radius 1 is 1.47 bits per heavy atom. The summed E-state index contributed by atoms with van der Waals surface area (Å²) in [5.74, 6) is 0.652. The van der Waals surface area contributed by atoms with Gasteiger partial charge in [-0.1, -0.05) is 0 Å². The third kappa shape index (κ3) is 2.42. The highest BCUT2D eigenvalue weighted by Crippen LogP contribution is 2.30. The zero-order valence-electron chi connectivity index (χ0n) is 9.21. The van der Waals surface area contributed by atoms with Crippen molar-refractivity contribution >= 4 is 22.8 Å². The van der Waals surface area contributed by atoms with Gasteiger partial charge in [0.1, 0.15) is 5.82 Å². The summed E-state index contributed by atoms with van der Waals surface area (Å²) in [6, 6.07) is 4.94. The maximum Gasteiger partial charge on any atom is 0.295 e. The van der Waals surface area contributed by atoms with E-state index in [9.17, 15) is 10.1 Å². The second-order valence-corrected chi connectivity index (χ2v) is 4.14. The molecule has 88 valence electrons. The van der Waals surface area contributed by atoms with Crippen LogP contribution in [-0.4, -0.2) is 16.5 Å². The number of anilines is 1. The quantitative estimate of drug-likeness (QED) is 0.667. The highest BCUT2D eigenvalue weighted by Gasteiger charge is 2.17. The molecule has 0 spiro atoms. The molecule has 2 rings (SSSR count). The van der Waals surface area contributed by atoms with Crippen LogP contribution in [0.25, 0.3) is 11.3 Å². The standard InChI is InChI=1S/C11H11N3O2S/c1-2-12-10-4-3-9(14(15)16)11(13-10)8-5-6-17-7-8/h3-7H,2H2,1H3,(H,12,13). The largest absolute Gasteiger partial charge is 0.370 e. The van der Waals surface area contributed by atoms with Gasteiger partial charge in [-0.15, -0.1) is 0 Å². The van der Waals surface area contributed by atoms with Crippen LogP contribution in [0.1, 0.15) is 6.92 Å². The summed E-state index contributed by atoms with van der Waals surface area (Å²) in [6.07, 6.45) is 0. The van der Waals surface area contributed by atoms with Crippen molar-refractivity contribution in [3.63, 3.8) is 0 Å². The van der Waals surface area contributed by atoms with Gasteiger partial charge in [-0.2, -0.15) is 11.3 Å². The van der Waals surface area contributed by atoms with Crippen LogP contribution in [0.3, 0.4) is 0 Å². The molecule has 0 saturated carbocycles. The third-order valence-electron chi connectivity index (χ3n) is 2.22. The van der Waals surface area contributed by atoms with Crippen molar-refractivity contribution in [2.24, 2.45) is 0 Å². The second kappa shape index (κ2) is 4.92. The Morgan fingerprint density at radius 2 is 2.29 bits per heavy atom. The fraction of sp³-hybridized carbons (Fsp3) is 0.182. The molecule has 0 unspecified atom stereocenters. The number of aromatic nitrogens is 1. The first-order valence-electron chi connectivity index (χ1n) is 5.14. The third-order valence-corrected chi connectivity index (χ3v) is 2.91. The van der Waals surface area contributed by atoms with E-state index < -0.39 is 4.92 Å². The highest BCUT2D eigenvalue weighted by molar-refractivity contribution is 7.08. The molecule has 0 atom stereocenters. The first-order valence-corrected chi connectivity index (χ1v) is 6.08. The molecule has 0 aliphatic rings. The van der Waals surface area contributed by atoms with E-state index >= 15 is 0 Å². The zero-order valence-corrected chi connectivity index (χ0v) is 10.0. The summed E-state index contributed by atoms with van der Waals surface area (Å²) in [4.78, 5) is 14.8. The molecule has 17 heavy (non-hydrogen) atoms. The topological polar surface area (TPSA) is 68.1 Å². The minimum Gasteiger partial charge on any atom is -0.370 e. The van der Waals surface area contributed by atoms with Crippen molar-refractivity contribution in [1.82, 2.24) is 4.98 Å². The molecular weight excluding hydrogens is 238 g/mol. The molecule has 0 radical (unpaired) electrons. The van der Waals surface area contributed by atoms with Crippen molar-refractivity contribution in [1.29, 1.82) is 0 Å². The van der Waals surface area contributed by atoms with E-state index in [1.807, 2.05) is 23.8 Å². The molecule has 0 aromatic carbocycles. The molecule has 5 nitrogen and oxygen atoms in total. The molecule has 0 amide bonds. The van der Waals surface area contributed by atoms with E-state index in [0.29, 0.717) is 11.5 Å². The van der Waals surface area contributed by atoms with Crippen molar-refractivity contribution in [2.45, 2.75) is 6.92 Å². The molecule has 0 aliphatic heterocycles. The van der Waals surface area contributed by atoms with Gasteiger partial charge >= 0.3 is 0 Å². The van der Waals surface area contributed by atoms with Crippen LogP contribution >= 0.6 is 11.3 Å². The van der Waals surface area contributed by atoms with Gasteiger partial charge in [-0.25, -0.2) is 4.98 Å². The van der Waals surface area contributed by atoms with E-state index in [0.717, 1.165) is 12.1 Å². The molecule has 2 aromatic rings. The first-order chi connectivity index (χ1) is 8.22. The summed E-state index contributed by atoms with van der Waals surface area (Å²) in [5.41, 5.74) is 1.22. The number of nitrogens with one attached hydrogen (secondary N) is 1. The predicted molar refractivity (Wildman–Crippen MR) is 68.4 cm³/mol. The first kappa shape index (κ1) is 11.5. The molecular formula is C11H11N3O2S. The number of hydrogen-bond donors (Lipinski definition) is 1. The SMILES string of the molecule is CCNc1ccc([N+](=O)[O-])c(-c2ccsc2)n1. The average Bonchev–Trinajstić information content (AvgIpc) is 2.82. The predicted octanol–water partition coefficient (Wildman–Crippen LogP) is 3.15. The molecule has 2 heterocycles. The van der Waals surface area contributed by atoms with Crippen LogP contribution < -0.4 is 5.32 Å². The fourth-order valence-corrected chi connectivity index (χ4v) is 2.13. The van der Waals surface area contributed by atoms with Crippen molar-refractivity contribution in [3.8, 4) is 11.3 Å². The minimum atomic E-state index is -0.407. The summed E-state index contributed by atoms with van der Waals surface area (Å²) in [5, 5.41) is 17.7. The van der Waals surface area contributed by atoms with Crippen LogP contribution in [0.15, 0.2) is 29.0 Å².